The van der Waals surface area contributed by atoms with E-state index in [-0.39, 0.29) is 0 Å². The van der Waals surface area contributed by atoms with E-state index in [9.17, 15) is 0 Å². The number of rotatable bonds is 2. The van der Waals surface area contributed by atoms with Crippen molar-refractivity contribution in [3.63, 3.8) is 0 Å². The number of benzene rings is 1. The highest BCUT2D eigenvalue weighted by molar-refractivity contribution is 5.81. The molecule has 0 amide bonds. The molecule has 4 nitrogen and oxygen atoms in total. The van der Waals surface area contributed by atoms with E-state index in [2.05, 4.69) is 40.9 Å². The number of nitrogens with one attached hydrogen (secondary N) is 1. The van der Waals surface area contributed by atoms with Gasteiger partial charge in [-0.1, -0.05) is 0 Å². The molecule has 2 aromatic heterocycles. The molecule has 96 valence electrons. The maximum atomic E-state index is 5.32. The van der Waals surface area contributed by atoms with Crippen molar-refractivity contribution >= 4 is 11.0 Å². The molecule has 0 atom stereocenters. The molecule has 0 radical (unpaired) electrons. The molecule has 0 bridgehead atoms. The van der Waals surface area contributed by atoms with Gasteiger partial charge in [0, 0.05) is 6.20 Å². The average molecular weight is 253 g/mol. The molecule has 3 aromatic rings. The van der Waals surface area contributed by atoms with Gasteiger partial charge in [0.1, 0.15) is 11.6 Å². The molecule has 0 fully saturated rings. The van der Waals surface area contributed by atoms with Crippen molar-refractivity contribution in [2.45, 2.75) is 13.8 Å². The van der Waals surface area contributed by atoms with Crippen LogP contribution in [0.5, 0.6) is 5.75 Å². The fourth-order valence-electron chi connectivity index (χ4n) is 2.14. The second-order valence-corrected chi connectivity index (χ2v) is 4.61. The van der Waals surface area contributed by atoms with Crippen molar-refractivity contribution in [1.82, 2.24) is 15.0 Å². The van der Waals surface area contributed by atoms with Crippen LogP contribution in [0.2, 0.25) is 0 Å². The fourth-order valence-corrected chi connectivity index (χ4v) is 2.14. The predicted molar refractivity (Wildman–Crippen MR) is 75.4 cm³/mol. The first kappa shape index (κ1) is 11.7. The molecule has 4 heteroatoms. The van der Waals surface area contributed by atoms with Crippen LogP contribution in [0, 0.1) is 13.8 Å². The molecule has 0 saturated heterocycles. The standard InChI is InChI=1S/C15H15N3O/c1-9-6-12-13(7-10(9)2)18-15(17-12)11-4-5-16-8-14(11)19-3/h4-8H,1-3H3,(H,17,18). The number of aromatic nitrogens is 3. The highest BCUT2D eigenvalue weighted by Gasteiger charge is 2.11. The number of aromatic amines is 1. The third-order valence-electron chi connectivity index (χ3n) is 3.36. The smallest absolute Gasteiger partial charge is 0.148 e. The minimum atomic E-state index is 0.718. The lowest BCUT2D eigenvalue weighted by Crippen LogP contribution is -1.89. The van der Waals surface area contributed by atoms with Crippen LogP contribution in [0.4, 0.5) is 0 Å². The summed E-state index contributed by atoms with van der Waals surface area (Å²) < 4.78 is 5.32. The number of methoxy groups -OCH3 is 1. The van der Waals surface area contributed by atoms with Crippen LogP contribution in [0.3, 0.4) is 0 Å². The average Bonchev–Trinajstić information content (AvgIpc) is 2.82. The maximum Gasteiger partial charge on any atom is 0.148 e. The first-order valence-electron chi connectivity index (χ1n) is 6.14. The van der Waals surface area contributed by atoms with Crippen LogP contribution in [0.15, 0.2) is 30.6 Å². The Kier molecular flexibility index (Phi) is 2.71. The number of hydrogen-bond acceptors (Lipinski definition) is 3. The normalized spacial score (nSPS) is 10.9. The Morgan fingerprint density at radius 2 is 1.95 bits per heavy atom. The van der Waals surface area contributed by atoms with E-state index < -0.39 is 0 Å². The topological polar surface area (TPSA) is 50.8 Å². The molecule has 0 saturated carbocycles. The SMILES string of the molecule is COc1cnccc1-c1nc2cc(C)c(C)cc2[nH]1. The van der Waals surface area contributed by atoms with Crippen molar-refractivity contribution in [2.24, 2.45) is 0 Å². The van der Waals surface area contributed by atoms with Gasteiger partial charge in [0.25, 0.3) is 0 Å². The first-order valence-corrected chi connectivity index (χ1v) is 6.14. The van der Waals surface area contributed by atoms with E-state index in [0.29, 0.717) is 0 Å². The molecule has 1 aromatic carbocycles. The molecule has 3 rings (SSSR count). The van der Waals surface area contributed by atoms with Gasteiger partial charge in [0.15, 0.2) is 0 Å². The van der Waals surface area contributed by atoms with Crippen LogP contribution in [-0.2, 0) is 0 Å². The minimum absolute atomic E-state index is 0.718. The van der Waals surface area contributed by atoms with Crippen molar-refractivity contribution in [2.75, 3.05) is 7.11 Å². The van der Waals surface area contributed by atoms with Crippen molar-refractivity contribution in [3.8, 4) is 17.1 Å². The van der Waals surface area contributed by atoms with Crippen LogP contribution in [0.25, 0.3) is 22.4 Å². The molecule has 0 unspecified atom stereocenters. The zero-order valence-corrected chi connectivity index (χ0v) is 11.2. The molecular formula is C15H15N3O. The van der Waals surface area contributed by atoms with E-state index >= 15 is 0 Å². The van der Waals surface area contributed by atoms with Crippen molar-refractivity contribution < 1.29 is 4.74 Å². The third kappa shape index (κ3) is 1.95. The molecule has 0 aliphatic heterocycles. The Balaban J connectivity index is 2.20. The van der Waals surface area contributed by atoms with Gasteiger partial charge in [-0.3, -0.25) is 4.98 Å². The molecule has 2 heterocycles. The highest BCUT2D eigenvalue weighted by atomic mass is 16.5. The van der Waals surface area contributed by atoms with Gasteiger partial charge in [-0.05, 0) is 43.2 Å². The summed E-state index contributed by atoms with van der Waals surface area (Å²) in [6, 6.07) is 6.11. The Morgan fingerprint density at radius 1 is 1.16 bits per heavy atom. The van der Waals surface area contributed by atoms with Gasteiger partial charge in [0.05, 0.1) is 29.9 Å². The maximum absolute atomic E-state index is 5.32. The molecular weight excluding hydrogens is 238 g/mol. The number of fused-ring (bicyclic) bond motifs is 1. The number of aryl methyl sites for hydroxylation is 2. The quantitative estimate of drug-likeness (QED) is 0.762. The van der Waals surface area contributed by atoms with Crippen LogP contribution >= 0.6 is 0 Å². The summed E-state index contributed by atoms with van der Waals surface area (Å²) in [5.41, 5.74) is 5.43. The van der Waals surface area contributed by atoms with E-state index in [1.165, 1.54) is 11.1 Å². The third-order valence-corrected chi connectivity index (χ3v) is 3.36. The number of nitrogens with zero attached hydrogens (tertiary/aromatic N) is 2. The molecule has 1 N–H and O–H groups in total. The van der Waals surface area contributed by atoms with Crippen molar-refractivity contribution in [3.05, 3.63) is 41.7 Å². The van der Waals surface area contributed by atoms with Gasteiger partial charge >= 0.3 is 0 Å². The van der Waals surface area contributed by atoms with Gasteiger partial charge in [-0.25, -0.2) is 4.98 Å². The minimum Gasteiger partial charge on any atom is -0.494 e. The highest BCUT2D eigenvalue weighted by Crippen LogP contribution is 2.28. The zero-order chi connectivity index (χ0) is 13.4. The summed E-state index contributed by atoms with van der Waals surface area (Å²) in [6.07, 6.45) is 3.43. The lowest BCUT2D eigenvalue weighted by molar-refractivity contribution is 0.414. The summed E-state index contributed by atoms with van der Waals surface area (Å²) in [7, 11) is 1.64. The fraction of sp³-hybridized carbons (Fsp3) is 0.200. The van der Waals surface area contributed by atoms with Gasteiger partial charge in [-0.15, -0.1) is 0 Å². The van der Waals surface area contributed by atoms with Crippen molar-refractivity contribution in [1.29, 1.82) is 0 Å². The number of H-pyrrole nitrogens is 1. The Morgan fingerprint density at radius 3 is 2.74 bits per heavy atom. The zero-order valence-electron chi connectivity index (χ0n) is 11.2. The summed E-state index contributed by atoms with van der Waals surface area (Å²) in [4.78, 5) is 12.0. The van der Waals surface area contributed by atoms with Gasteiger partial charge in [-0.2, -0.15) is 0 Å². The molecule has 19 heavy (non-hydrogen) atoms. The van der Waals surface area contributed by atoms with Gasteiger partial charge in [0.2, 0.25) is 0 Å². The summed E-state index contributed by atoms with van der Waals surface area (Å²) >= 11 is 0. The monoisotopic (exact) mass is 253 g/mol. The summed E-state index contributed by atoms with van der Waals surface area (Å²) in [5, 5.41) is 0. The largest absolute Gasteiger partial charge is 0.494 e. The van der Waals surface area contributed by atoms with Crippen LogP contribution in [-0.4, -0.2) is 22.1 Å². The Hall–Kier alpha value is -2.36. The Bertz CT molecular complexity index is 707. The number of pyridine rings is 1. The second-order valence-electron chi connectivity index (χ2n) is 4.61. The molecule has 0 aliphatic carbocycles. The van der Waals surface area contributed by atoms with E-state index in [1.54, 1.807) is 19.5 Å². The summed E-state index contributed by atoms with van der Waals surface area (Å²) in [6.45, 7) is 4.19. The first-order chi connectivity index (χ1) is 9.19. The number of hydrogen-bond donors (Lipinski definition) is 1. The van der Waals surface area contributed by atoms with E-state index in [0.717, 1.165) is 28.2 Å². The van der Waals surface area contributed by atoms with Crippen LogP contribution < -0.4 is 4.74 Å². The predicted octanol–water partition coefficient (Wildman–Crippen LogP) is 3.25. The molecule has 0 spiro atoms. The second kappa shape index (κ2) is 4.39. The number of ether oxygens (including phenoxy) is 1. The lowest BCUT2D eigenvalue weighted by Gasteiger charge is -2.03. The van der Waals surface area contributed by atoms with E-state index in [1.807, 2.05) is 6.07 Å². The van der Waals surface area contributed by atoms with Gasteiger partial charge < -0.3 is 9.72 Å². The Labute approximate surface area is 111 Å². The van der Waals surface area contributed by atoms with Crippen LogP contribution in [0.1, 0.15) is 11.1 Å². The number of imidazole rings is 1. The lowest BCUT2D eigenvalue weighted by atomic mass is 10.1. The molecule has 0 aliphatic rings. The van der Waals surface area contributed by atoms with E-state index in [4.69, 9.17) is 4.74 Å². The summed E-state index contributed by atoms with van der Waals surface area (Å²) in [5.74, 6) is 1.52.